The molecule has 0 aromatic carbocycles. The first-order valence-corrected chi connectivity index (χ1v) is 3.73. The van der Waals surface area contributed by atoms with E-state index in [1.165, 1.54) is 0 Å². The molecule has 12 heavy (non-hydrogen) atoms. The van der Waals surface area contributed by atoms with Gasteiger partial charge < -0.3 is 4.74 Å². The Balaban J connectivity index is 3.75. The van der Waals surface area contributed by atoms with Gasteiger partial charge in [0.2, 0.25) is 0 Å². The lowest BCUT2D eigenvalue weighted by Gasteiger charge is -2.14. The molecular weight excluding hydrogens is 169 g/mol. The maximum absolute atomic E-state index is 11.5. The van der Waals surface area contributed by atoms with Crippen molar-refractivity contribution in [1.29, 1.82) is 0 Å². The Morgan fingerprint density at radius 3 is 2.00 bits per heavy atom. The molecule has 0 aromatic heterocycles. The summed E-state index contributed by atoms with van der Waals surface area (Å²) in [6.45, 7) is 5.49. The van der Waals surface area contributed by atoms with Gasteiger partial charge in [-0.2, -0.15) is 13.2 Å². The molecule has 0 radical (unpaired) electrons. The van der Waals surface area contributed by atoms with Gasteiger partial charge in [-0.3, -0.25) is 0 Å². The van der Waals surface area contributed by atoms with Crippen molar-refractivity contribution >= 4 is 0 Å². The number of rotatable bonds is 3. The summed E-state index contributed by atoms with van der Waals surface area (Å²) >= 11 is 0. The normalized spacial score (nSPS) is 15.6. The lowest BCUT2D eigenvalue weighted by atomic mass is 10.1. The molecule has 4 heteroatoms. The predicted molar refractivity (Wildman–Crippen MR) is 40.6 cm³/mol. The second-order valence-electron chi connectivity index (χ2n) is 2.93. The van der Waals surface area contributed by atoms with Crippen LogP contribution in [0.5, 0.6) is 0 Å². The van der Waals surface area contributed by atoms with Crippen LogP contribution in [0.3, 0.4) is 0 Å². The summed E-state index contributed by atoms with van der Waals surface area (Å²) in [4.78, 5) is 0. The molecule has 0 N–H and O–H groups in total. The zero-order valence-electron chi connectivity index (χ0n) is 7.35. The van der Waals surface area contributed by atoms with Crippen LogP contribution in [-0.4, -0.2) is 12.3 Å². The van der Waals surface area contributed by atoms with Gasteiger partial charge in [-0.15, -0.1) is 0 Å². The summed E-state index contributed by atoms with van der Waals surface area (Å²) in [5.41, 5.74) is 0. The third-order valence-electron chi connectivity index (χ3n) is 1.49. The van der Waals surface area contributed by atoms with Crippen LogP contribution in [0.25, 0.3) is 0 Å². The summed E-state index contributed by atoms with van der Waals surface area (Å²) in [6, 6.07) is 0. The van der Waals surface area contributed by atoms with Crippen LogP contribution in [0.1, 0.15) is 20.8 Å². The molecule has 0 bridgehead atoms. The van der Waals surface area contributed by atoms with E-state index in [4.69, 9.17) is 4.74 Å². The Morgan fingerprint density at radius 1 is 1.17 bits per heavy atom. The fraction of sp³-hybridized carbons (Fsp3) is 0.750. The maximum Gasteiger partial charge on any atom is 0.412 e. The smallest absolute Gasteiger partial charge is 0.412 e. The fourth-order valence-electron chi connectivity index (χ4n) is 0.397. The van der Waals surface area contributed by atoms with Gasteiger partial charge in [-0.05, 0) is 12.8 Å². The van der Waals surface area contributed by atoms with Crippen molar-refractivity contribution in [1.82, 2.24) is 0 Å². The van der Waals surface area contributed by atoms with E-state index in [1.54, 1.807) is 6.92 Å². The van der Waals surface area contributed by atoms with Gasteiger partial charge >= 0.3 is 6.18 Å². The maximum atomic E-state index is 11.5. The first-order chi connectivity index (χ1) is 5.33. The largest absolute Gasteiger partial charge is 0.498 e. The molecule has 72 valence electrons. The van der Waals surface area contributed by atoms with Gasteiger partial charge in [-0.1, -0.05) is 13.8 Å². The van der Waals surface area contributed by atoms with Gasteiger partial charge in [-0.25, -0.2) is 0 Å². The molecule has 0 saturated heterocycles. The molecule has 0 aliphatic heterocycles. The zero-order valence-corrected chi connectivity index (χ0v) is 7.35. The van der Waals surface area contributed by atoms with Crippen LogP contribution in [0.15, 0.2) is 12.3 Å². The van der Waals surface area contributed by atoms with Gasteiger partial charge in [0.1, 0.15) is 0 Å². The second-order valence-corrected chi connectivity index (χ2v) is 2.93. The zero-order chi connectivity index (χ0) is 9.78. The number of allylic oxidation sites excluding steroid dienone is 1. The van der Waals surface area contributed by atoms with E-state index >= 15 is 0 Å². The Hall–Kier alpha value is -0.670. The molecular formula is C8H13F3O. The number of hydrogen-bond donors (Lipinski definition) is 0. The molecule has 0 heterocycles. The lowest BCUT2D eigenvalue weighted by molar-refractivity contribution is -0.0823. The Morgan fingerprint density at radius 2 is 1.67 bits per heavy atom. The van der Waals surface area contributed by atoms with Gasteiger partial charge in [0.05, 0.1) is 18.4 Å². The molecule has 0 aliphatic carbocycles. The van der Waals surface area contributed by atoms with Crippen LogP contribution in [-0.2, 0) is 4.74 Å². The number of halogens is 3. The van der Waals surface area contributed by atoms with E-state index in [1.807, 2.05) is 13.8 Å². The van der Waals surface area contributed by atoms with E-state index in [0.717, 1.165) is 0 Å². The SMILES string of the molecule is CC(C)C(C)O/C=C/C(F)(F)F. The highest BCUT2D eigenvalue weighted by Gasteiger charge is 2.22. The summed E-state index contributed by atoms with van der Waals surface area (Å²) in [5, 5.41) is 0. The van der Waals surface area contributed by atoms with Crippen molar-refractivity contribution in [2.75, 3.05) is 0 Å². The first kappa shape index (κ1) is 11.3. The number of alkyl halides is 3. The molecule has 1 nitrogen and oxygen atoms in total. The van der Waals surface area contributed by atoms with E-state index < -0.39 is 6.18 Å². The average Bonchev–Trinajstić information content (AvgIpc) is 1.84. The molecule has 1 unspecified atom stereocenters. The van der Waals surface area contributed by atoms with Crippen molar-refractivity contribution in [2.24, 2.45) is 5.92 Å². The van der Waals surface area contributed by atoms with Crippen molar-refractivity contribution in [2.45, 2.75) is 33.1 Å². The van der Waals surface area contributed by atoms with E-state index in [-0.39, 0.29) is 18.1 Å². The monoisotopic (exact) mass is 182 g/mol. The van der Waals surface area contributed by atoms with Gasteiger partial charge in [0, 0.05) is 0 Å². The third-order valence-corrected chi connectivity index (χ3v) is 1.49. The summed E-state index contributed by atoms with van der Waals surface area (Å²) in [6.07, 6.45) is -3.68. The highest BCUT2D eigenvalue weighted by atomic mass is 19.4. The summed E-state index contributed by atoms with van der Waals surface area (Å²) in [5.74, 6) is 0.211. The highest BCUT2D eigenvalue weighted by molar-refractivity contribution is 4.83. The minimum atomic E-state index is -4.28. The van der Waals surface area contributed by atoms with E-state index in [9.17, 15) is 13.2 Å². The third kappa shape index (κ3) is 6.07. The Labute approximate surface area is 70.2 Å². The van der Waals surface area contributed by atoms with Crippen LogP contribution >= 0.6 is 0 Å². The quantitative estimate of drug-likeness (QED) is 0.609. The van der Waals surface area contributed by atoms with Crippen LogP contribution in [0.2, 0.25) is 0 Å². The predicted octanol–water partition coefficient (Wildman–Crippen LogP) is 3.12. The van der Waals surface area contributed by atoms with Crippen molar-refractivity contribution in [3.63, 3.8) is 0 Å². The molecule has 0 aromatic rings. The van der Waals surface area contributed by atoms with Crippen molar-refractivity contribution in [3.05, 3.63) is 12.3 Å². The van der Waals surface area contributed by atoms with Gasteiger partial charge in [0.15, 0.2) is 0 Å². The molecule has 0 spiro atoms. The molecule has 0 fully saturated rings. The first-order valence-electron chi connectivity index (χ1n) is 3.73. The van der Waals surface area contributed by atoms with E-state index in [0.29, 0.717) is 6.26 Å². The van der Waals surface area contributed by atoms with Crippen LogP contribution in [0.4, 0.5) is 13.2 Å². The minimum Gasteiger partial charge on any atom is -0.498 e. The van der Waals surface area contributed by atoms with Crippen LogP contribution in [0, 0.1) is 5.92 Å². The average molecular weight is 182 g/mol. The molecule has 0 amide bonds. The van der Waals surface area contributed by atoms with Crippen molar-refractivity contribution in [3.8, 4) is 0 Å². The number of hydrogen-bond acceptors (Lipinski definition) is 1. The molecule has 1 atom stereocenters. The standard InChI is InChI=1S/C8H13F3O/c1-6(2)7(3)12-5-4-8(9,10)11/h4-7H,1-3H3/b5-4+. The highest BCUT2D eigenvalue weighted by Crippen LogP contribution is 2.16. The molecule has 0 rings (SSSR count). The summed E-state index contributed by atoms with van der Waals surface area (Å²) in [7, 11) is 0. The second kappa shape index (κ2) is 4.38. The number of ether oxygens (including phenoxy) is 1. The summed E-state index contributed by atoms with van der Waals surface area (Å²) < 4.78 is 39.4. The fourth-order valence-corrected chi connectivity index (χ4v) is 0.397. The van der Waals surface area contributed by atoms with Crippen LogP contribution < -0.4 is 0 Å². The van der Waals surface area contributed by atoms with E-state index in [2.05, 4.69) is 0 Å². The molecule has 0 aliphatic rings. The lowest BCUT2D eigenvalue weighted by Crippen LogP contribution is -2.12. The Kier molecular flexibility index (Phi) is 4.13. The van der Waals surface area contributed by atoms with Gasteiger partial charge in [0.25, 0.3) is 0 Å². The van der Waals surface area contributed by atoms with Crippen molar-refractivity contribution < 1.29 is 17.9 Å². The minimum absolute atomic E-state index is 0.0892. The molecule has 0 saturated carbocycles. The topological polar surface area (TPSA) is 9.23 Å². The Bertz CT molecular complexity index is 149.